The van der Waals surface area contributed by atoms with Gasteiger partial charge in [0.2, 0.25) is 0 Å². The van der Waals surface area contributed by atoms with Crippen LogP contribution in [0.15, 0.2) is 72.8 Å². The molecule has 6 nitrogen and oxygen atoms in total. The number of hydrogen-bond donors (Lipinski definition) is 1. The molecule has 0 aromatic heterocycles. The Hall–Kier alpha value is -3.80. The first-order valence-electron chi connectivity index (χ1n) is 13.5. The Labute approximate surface area is 226 Å². The number of piperazine rings is 1. The van der Waals surface area contributed by atoms with E-state index in [-0.39, 0.29) is 17.2 Å². The van der Waals surface area contributed by atoms with Crippen molar-refractivity contribution in [2.24, 2.45) is 0 Å². The number of anilines is 2. The third-order valence-electron chi connectivity index (χ3n) is 6.94. The minimum atomic E-state index is -0.152. The zero-order chi connectivity index (χ0) is 27.1. The van der Waals surface area contributed by atoms with Crippen molar-refractivity contribution in [3.8, 4) is 5.75 Å². The van der Waals surface area contributed by atoms with Gasteiger partial charge in [0.05, 0.1) is 6.61 Å². The van der Waals surface area contributed by atoms with Crippen LogP contribution in [0.1, 0.15) is 66.8 Å². The topological polar surface area (TPSA) is 61.9 Å². The summed E-state index contributed by atoms with van der Waals surface area (Å²) in [4.78, 5) is 29.9. The Kier molecular flexibility index (Phi) is 8.72. The molecule has 2 amide bonds. The van der Waals surface area contributed by atoms with Gasteiger partial charge in [-0.1, -0.05) is 46.2 Å². The van der Waals surface area contributed by atoms with E-state index >= 15 is 0 Å². The first-order chi connectivity index (χ1) is 18.2. The van der Waals surface area contributed by atoms with Gasteiger partial charge in [0.1, 0.15) is 5.75 Å². The average molecular weight is 514 g/mol. The molecule has 200 valence electrons. The first-order valence-corrected chi connectivity index (χ1v) is 13.5. The highest BCUT2D eigenvalue weighted by Gasteiger charge is 2.23. The lowest BCUT2D eigenvalue weighted by atomic mass is 9.86. The van der Waals surface area contributed by atoms with Gasteiger partial charge in [0.25, 0.3) is 11.8 Å². The summed E-state index contributed by atoms with van der Waals surface area (Å²) in [5.41, 5.74) is 4.45. The second kappa shape index (κ2) is 12.2. The molecule has 1 aliphatic rings. The van der Waals surface area contributed by atoms with Crippen molar-refractivity contribution in [2.75, 3.05) is 43.0 Å². The molecule has 0 atom stereocenters. The third kappa shape index (κ3) is 6.94. The molecule has 0 saturated carbocycles. The van der Waals surface area contributed by atoms with Crippen molar-refractivity contribution in [1.82, 2.24) is 4.90 Å². The van der Waals surface area contributed by atoms with Gasteiger partial charge in [0.15, 0.2) is 0 Å². The number of amides is 2. The molecule has 0 unspecified atom stereocenters. The monoisotopic (exact) mass is 513 g/mol. The van der Waals surface area contributed by atoms with Gasteiger partial charge in [-0.3, -0.25) is 9.59 Å². The Morgan fingerprint density at radius 2 is 1.42 bits per heavy atom. The fourth-order valence-electron chi connectivity index (χ4n) is 4.46. The second-order valence-corrected chi connectivity index (χ2v) is 10.8. The summed E-state index contributed by atoms with van der Waals surface area (Å²) in [7, 11) is 0. The Bertz CT molecular complexity index is 1200. The summed E-state index contributed by atoms with van der Waals surface area (Å²) < 4.78 is 5.67. The summed E-state index contributed by atoms with van der Waals surface area (Å²) in [6.45, 7) is 12.2. The first kappa shape index (κ1) is 27.2. The van der Waals surface area contributed by atoms with Crippen molar-refractivity contribution in [1.29, 1.82) is 0 Å². The molecule has 0 bridgehead atoms. The maximum absolute atomic E-state index is 13.0. The van der Waals surface area contributed by atoms with Crippen molar-refractivity contribution in [2.45, 2.75) is 46.0 Å². The normalized spacial score (nSPS) is 13.8. The van der Waals surface area contributed by atoms with E-state index in [1.807, 2.05) is 53.4 Å². The van der Waals surface area contributed by atoms with Crippen LogP contribution < -0.4 is 15.0 Å². The summed E-state index contributed by atoms with van der Waals surface area (Å²) >= 11 is 0. The van der Waals surface area contributed by atoms with Gasteiger partial charge in [0, 0.05) is 48.7 Å². The number of ether oxygens (including phenoxy) is 1. The highest BCUT2D eigenvalue weighted by atomic mass is 16.5. The number of nitrogens with one attached hydrogen (secondary N) is 1. The van der Waals surface area contributed by atoms with Crippen molar-refractivity contribution >= 4 is 23.2 Å². The predicted octanol–water partition coefficient (Wildman–Crippen LogP) is 6.38. The van der Waals surface area contributed by atoms with E-state index in [1.165, 1.54) is 5.56 Å². The van der Waals surface area contributed by atoms with Gasteiger partial charge < -0.3 is 19.9 Å². The van der Waals surface area contributed by atoms with Gasteiger partial charge in [-0.15, -0.1) is 0 Å². The molecule has 38 heavy (non-hydrogen) atoms. The molecular weight excluding hydrogens is 474 g/mol. The SMILES string of the molecule is CCCCOc1ccc(C(=O)Nc2ccc(N3CCN(C(=O)c4ccc(C(C)(C)C)cc4)CC3)cc2)cc1. The van der Waals surface area contributed by atoms with Crippen molar-refractivity contribution < 1.29 is 14.3 Å². The number of carbonyl (C=O) groups is 2. The Morgan fingerprint density at radius 1 is 0.816 bits per heavy atom. The molecule has 4 rings (SSSR count). The predicted molar refractivity (Wildman–Crippen MR) is 154 cm³/mol. The fourth-order valence-corrected chi connectivity index (χ4v) is 4.46. The van der Waals surface area contributed by atoms with E-state index in [1.54, 1.807) is 12.1 Å². The maximum Gasteiger partial charge on any atom is 0.255 e. The van der Waals surface area contributed by atoms with Crippen molar-refractivity contribution in [3.63, 3.8) is 0 Å². The molecule has 3 aromatic rings. The standard InChI is InChI=1S/C32H39N3O3/c1-5-6-23-38-29-17-9-24(10-18-29)30(36)33-27-13-15-28(16-14-27)34-19-21-35(22-20-34)31(37)25-7-11-26(12-8-25)32(2,3)4/h7-18H,5-6,19-23H2,1-4H3,(H,33,36). The van der Waals surface area contributed by atoms with Gasteiger partial charge in [-0.2, -0.15) is 0 Å². The highest BCUT2D eigenvalue weighted by molar-refractivity contribution is 6.04. The summed E-state index contributed by atoms with van der Waals surface area (Å²) in [6, 6.07) is 23.1. The van der Waals surface area contributed by atoms with Crippen LogP contribution in [0, 0.1) is 0 Å². The minimum Gasteiger partial charge on any atom is -0.494 e. The summed E-state index contributed by atoms with van der Waals surface area (Å²) in [6.07, 6.45) is 2.10. The lowest BCUT2D eigenvalue weighted by Crippen LogP contribution is -2.48. The minimum absolute atomic E-state index is 0.0696. The van der Waals surface area contributed by atoms with Crippen LogP contribution in [-0.4, -0.2) is 49.5 Å². The average Bonchev–Trinajstić information content (AvgIpc) is 2.93. The quantitative estimate of drug-likeness (QED) is 0.355. The zero-order valence-electron chi connectivity index (χ0n) is 23.0. The van der Waals surface area contributed by atoms with Crippen LogP contribution in [0.3, 0.4) is 0 Å². The van der Waals surface area contributed by atoms with Gasteiger partial charge in [-0.05, 0) is 78.1 Å². The van der Waals surface area contributed by atoms with Crippen LogP contribution >= 0.6 is 0 Å². The molecule has 1 N–H and O–H groups in total. The number of rotatable bonds is 8. The number of hydrogen-bond acceptors (Lipinski definition) is 4. The van der Waals surface area contributed by atoms with Crippen molar-refractivity contribution in [3.05, 3.63) is 89.5 Å². The van der Waals surface area contributed by atoms with Crippen LogP contribution in [0.2, 0.25) is 0 Å². The molecule has 1 heterocycles. The number of unbranched alkanes of at least 4 members (excludes halogenated alkanes) is 1. The van der Waals surface area contributed by atoms with Crippen LogP contribution in [0.5, 0.6) is 5.75 Å². The lowest BCUT2D eigenvalue weighted by molar-refractivity contribution is 0.0746. The van der Waals surface area contributed by atoms with E-state index in [4.69, 9.17) is 4.74 Å². The molecule has 1 fully saturated rings. The third-order valence-corrected chi connectivity index (χ3v) is 6.94. The number of benzene rings is 3. The van der Waals surface area contributed by atoms with Gasteiger partial charge in [-0.25, -0.2) is 0 Å². The van der Waals surface area contributed by atoms with E-state index in [0.29, 0.717) is 25.3 Å². The van der Waals surface area contributed by atoms with Gasteiger partial charge >= 0.3 is 0 Å². The number of carbonyl (C=O) groups excluding carboxylic acids is 2. The van der Waals surface area contributed by atoms with Crippen LogP contribution in [-0.2, 0) is 5.41 Å². The molecule has 3 aromatic carbocycles. The van der Waals surface area contributed by atoms with E-state index in [0.717, 1.165) is 48.6 Å². The maximum atomic E-state index is 13.0. The molecule has 0 spiro atoms. The lowest BCUT2D eigenvalue weighted by Gasteiger charge is -2.36. The fraction of sp³-hybridized carbons (Fsp3) is 0.375. The molecule has 6 heteroatoms. The molecule has 0 aliphatic carbocycles. The van der Waals surface area contributed by atoms with E-state index in [2.05, 4.69) is 50.0 Å². The molecule has 1 saturated heterocycles. The van der Waals surface area contributed by atoms with Crippen LogP contribution in [0.25, 0.3) is 0 Å². The highest BCUT2D eigenvalue weighted by Crippen LogP contribution is 2.24. The number of nitrogens with zero attached hydrogens (tertiary/aromatic N) is 2. The summed E-state index contributed by atoms with van der Waals surface area (Å²) in [5, 5.41) is 2.96. The summed E-state index contributed by atoms with van der Waals surface area (Å²) in [5.74, 6) is 0.712. The second-order valence-electron chi connectivity index (χ2n) is 10.8. The molecular formula is C32H39N3O3. The zero-order valence-corrected chi connectivity index (χ0v) is 23.0. The Balaban J connectivity index is 1.27. The molecule has 0 radical (unpaired) electrons. The Morgan fingerprint density at radius 3 is 2.00 bits per heavy atom. The van der Waals surface area contributed by atoms with Crippen LogP contribution in [0.4, 0.5) is 11.4 Å². The van der Waals surface area contributed by atoms with E-state index in [9.17, 15) is 9.59 Å². The van der Waals surface area contributed by atoms with E-state index < -0.39 is 0 Å². The largest absolute Gasteiger partial charge is 0.494 e. The smallest absolute Gasteiger partial charge is 0.255 e. The molecule has 1 aliphatic heterocycles.